The minimum atomic E-state index is -0.491. The van der Waals surface area contributed by atoms with Crippen molar-refractivity contribution in [2.24, 2.45) is 11.1 Å². The van der Waals surface area contributed by atoms with Gasteiger partial charge in [-0.15, -0.1) is 0 Å². The lowest BCUT2D eigenvalue weighted by Gasteiger charge is -2.13. The number of carbonyl (C=O) groups is 1. The van der Waals surface area contributed by atoms with Crippen molar-refractivity contribution in [2.75, 3.05) is 6.54 Å². The van der Waals surface area contributed by atoms with Crippen LogP contribution in [0.25, 0.3) is 0 Å². The van der Waals surface area contributed by atoms with E-state index in [1.807, 2.05) is 0 Å². The van der Waals surface area contributed by atoms with Gasteiger partial charge >= 0.3 is 0 Å². The molecule has 1 rings (SSSR count). The molecule has 0 aliphatic heterocycles. The van der Waals surface area contributed by atoms with Gasteiger partial charge in [-0.1, -0.05) is 64.1 Å². The molecule has 19 heavy (non-hydrogen) atoms. The predicted molar refractivity (Wildman–Crippen MR) is 84.1 cm³/mol. The third kappa shape index (κ3) is 5.47. The Kier molecular flexibility index (Phi) is 7.36. The van der Waals surface area contributed by atoms with Crippen LogP contribution in [0.2, 0.25) is 0 Å². The first-order valence-corrected chi connectivity index (χ1v) is 8.12. The van der Waals surface area contributed by atoms with Crippen LogP contribution in [0.4, 0.5) is 0 Å². The van der Waals surface area contributed by atoms with Gasteiger partial charge in [-0.3, -0.25) is 4.79 Å². The second-order valence-electron chi connectivity index (χ2n) is 5.68. The molecule has 110 valence electrons. The van der Waals surface area contributed by atoms with Crippen molar-refractivity contribution in [2.45, 2.75) is 71.1 Å². The molecule has 0 bridgehead atoms. The molecular formula is C15H28N2OS. The number of hydrogen-bond donors (Lipinski definition) is 2. The van der Waals surface area contributed by atoms with E-state index in [1.54, 1.807) is 0 Å². The molecule has 3 nitrogen and oxygen atoms in total. The fraction of sp³-hybridized carbons (Fsp3) is 0.867. The minimum absolute atomic E-state index is 0.0444. The van der Waals surface area contributed by atoms with Crippen molar-refractivity contribution in [3.63, 3.8) is 0 Å². The van der Waals surface area contributed by atoms with Crippen LogP contribution in [0.1, 0.15) is 71.1 Å². The number of nitrogens with two attached hydrogens (primary N) is 1. The van der Waals surface area contributed by atoms with Crippen molar-refractivity contribution in [1.29, 1.82) is 0 Å². The monoisotopic (exact) mass is 284 g/mol. The summed E-state index contributed by atoms with van der Waals surface area (Å²) in [4.78, 5) is 12.3. The minimum Gasteiger partial charge on any atom is -0.392 e. The number of unbranched alkanes of at least 4 members (excludes halogenated alkanes) is 7. The average molecular weight is 284 g/mol. The molecule has 0 aromatic heterocycles. The summed E-state index contributed by atoms with van der Waals surface area (Å²) in [6.07, 6.45) is 11.9. The first kappa shape index (κ1) is 16.4. The van der Waals surface area contributed by atoms with Crippen molar-refractivity contribution < 1.29 is 4.79 Å². The first-order valence-electron chi connectivity index (χ1n) is 7.71. The Hall–Kier alpha value is -0.640. The highest BCUT2D eigenvalue weighted by atomic mass is 32.1. The molecule has 4 heteroatoms. The summed E-state index contributed by atoms with van der Waals surface area (Å²) >= 11 is 4.96. The molecule has 0 atom stereocenters. The summed E-state index contributed by atoms with van der Waals surface area (Å²) < 4.78 is 0. The number of thiocarbonyl (C=S) groups is 1. The number of amides is 1. The lowest BCUT2D eigenvalue weighted by molar-refractivity contribution is -0.124. The van der Waals surface area contributed by atoms with Crippen molar-refractivity contribution in [1.82, 2.24) is 5.32 Å². The molecule has 1 aliphatic rings. The van der Waals surface area contributed by atoms with Gasteiger partial charge in [-0.05, 0) is 19.3 Å². The summed E-state index contributed by atoms with van der Waals surface area (Å²) in [6, 6.07) is 0. The summed E-state index contributed by atoms with van der Waals surface area (Å²) in [5.41, 5.74) is 5.12. The van der Waals surface area contributed by atoms with Crippen LogP contribution < -0.4 is 11.1 Å². The normalized spacial score (nSPS) is 16.1. The SMILES string of the molecule is CCCCCCCCCCNC(=O)C1(C(N)=S)CC1. The Morgan fingerprint density at radius 1 is 1.11 bits per heavy atom. The van der Waals surface area contributed by atoms with Gasteiger partial charge in [-0.2, -0.15) is 0 Å². The molecule has 1 aliphatic carbocycles. The molecule has 0 unspecified atom stereocenters. The molecule has 1 fully saturated rings. The van der Waals surface area contributed by atoms with Crippen molar-refractivity contribution in [3.05, 3.63) is 0 Å². The number of nitrogens with one attached hydrogen (secondary N) is 1. The van der Waals surface area contributed by atoms with Gasteiger partial charge in [0.1, 0.15) is 0 Å². The molecular weight excluding hydrogens is 256 g/mol. The van der Waals surface area contributed by atoms with Crippen LogP contribution in [-0.4, -0.2) is 17.4 Å². The summed E-state index contributed by atoms with van der Waals surface area (Å²) in [6.45, 7) is 3.00. The summed E-state index contributed by atoms with van der Waals surface area (Å²) in [5.74, 6) is 0.0444. The lowest BCUT2D eigenvalue weighted by atomic mass is 10.1. The van der Waals surface area contributed by atoms with E-state index in [-0.39, 0.29) is 5.91 Å². The van der Waals surface area contributed by atoms with Crippen molar-refractivity contribution in [3.8, 4) is 0 Å². The Morgan fingerprint density at radius 2 is 1.63 bits per heavy atom. The van der Waals surface area contributed by atoms with Crippen LogP contribution in [0.15, 0.2) is 0 Å². The zero-order chi connectivity index (χ0) is 14.1. The van der Waals surface area contributed by atoms with E-state index in [1.165, 1.54) is 44.9 Å². The number of rotatable bonds is 11. The van der Waals surface area contributed by atoms with Gasteiger partial charge in [0, 0.05) is 6.54 Å². The zero-order valence-corrected chi connectivity index (χ0v) is 13.0. The molecule has 0 aromatic carbocycles. The van der Waals surface area contributed by atoms with Gasteiger partial charge in [0.25, 0.3) is 0 Å². The van der Waals surface area contributed by atoms with E-state index in [0.717, 1.165) is 25.8 Å². The van der Waals surface area contributed by atoms with Gasteiger partial charge < -0.3 is 11.1 Å². The standard InChI is InChI=1S/C15H28N2OS/c1-2-3-4-5-6-7-8-9-12-17-14(18)15(10-11-15)13(16)19/h2-12H2,1H3,(H2,16,19)(H,17,18). The summed E-state index contributed by atoms with van der Waals surface area (Å²) in [5, 5.41) is 2.97. The zero-order valence-electron chi connectivity index (χ0n) is 12.2. The number of carbonyl (C=O) groups excluding carboxylic acids is 1. The van der Waals surface area contributed by atoms with E-state index in [0.29, 0.717) is 4.99 Å². The number of hydrogen-bond acceptors (Lipinski definition) is 2. The van der Waals surface area contributed by atoms with E-state index in [2.05, 4.69) is 12.2 Å². The third-order valence-electron chi connectivity index (χ3n) is 3.97. The largest absolute Gasteiger partial charge is 0.392 e. The van der Waals surface area contributed by atoms with Gasteiger partial charge in [0.2, 0.25) is 5.91 Å². The fourth-order valence-electron chi connectivity index (χ4n) is 2.34. The highest BCUT2D eigenvalue weighted by Crippen LogP contribution is 2.46. The first-order chi connectivity index (χ1) is 9.13. The molecule has 3 N–H and O–H groups in total. The summed E-state index contributed by atoms with van der Waals surface area (Å²) in [7, 11) is 0. The highest BCUT2D eigenvalue weighted by molar-refractivity contribution is 7.80. The van der Waals surface area contributed by atoms with Crippen LogP contribution in [0, 0.1) is 5.41 Å². The molecule has 0 aromatic rings. The van der Waals surface area contributed by atoms with E-state index in [4.69, 9.17) is 18.0 Å². The maximum absolute atomic E-state index is 11.9. The average Bonchev–Trinajstić information content (AvgIpc) is 3.18. The quantitative estimate of drug-likeness (QED) is 0.452. The van der Waals surface area contributed by atoms with E-state index in [9.17, 15) is 4.79 Å². The van der Waals surface area contributed by atoms with Crippen LogP contribution in [0.3, 0.4) is 0 Å². The second-order valence-corrected chi connectivity index (χ2v) is 6.12. The topological polar surface area (TPSA) is 55.1 Å². The maximum atomic E-state index is 11.9. The molecule has 0 radical (unpaired) electrons. The van der Waals surface area contributed by atoms with E-state index < -0.39 is 5.41 Å². The highest BCUT2D eigenvalue weighted by Gasteiger charge is 2.52. The fourth-order valence-corrected chi connectivity index (χ4v) is 2.64. The molecule has 0 heterocycles. The van der Waals surface area contributed by atoms with Gasteiger partial charge in [0.15, 0.2) is 0 Å². The Balaban J connectivity index is 1.94. The third-order valence-corrected chi connectivity index (χ3v) is 4.36. The van der Waals surface area contributed by atoms with Crippen LogP contribution in [0.5, 0.6) is 0 Å². The molecule has 0 spiro atoms. The molecule has 1 saturated carbocycles. The van der Waals surface area contributed by atoms with Gasteiger partial charge in [0.05, 0.1) is 10.4 Å². The maximum Gasteiger partial charge on any atom is 0.233 e. The smallest absolute Gasteiger partial charge is 0.233 e. The van der Waals surface area contributed by atoms with Crippen LogP contribution in [-0.2, 0) is 4.79 Å². The molecule has 0 saturated heterocycles. The van der Waals surface area contributed by atoms with Crippen LogP contribution >= 0.6 is 12.2 Å². The predicted octanol–water partition coefficient (Wildman–Crippen LogP) is 3.31. The Labute approximate surface area is 122 Å². The molecule has 1 amide bonds. The Morgan fingerprint density at radius 3 is 2.11 bits per heavy atom. The lowest BCUT2D eigenvalue weighted by Crippen LogP contribution is -2.39. The van der Waals surface area contributed by atoms with Crippen molar-refractivity contribution >= 4 is 23.1 Å². The van der Waals surface area contributed by atoms with Gasteiger partial charge in [-0.25, -0.2) is 0 Å². The second kappa shape index (κ2) is 8.51. The van der Waals surface area contributed by atoms with E-state index >= 15 is 0 Å². The Bertz CT molecular complexity index is 301.